The Labute approximate surface area is 125 Å². The molecule has 0 bridgehead atoms. The van der Waals surface area contributed by atoms with E-state index in [0.29, 0.717) is 25.8 Å². The van der Waals surface area contributed by atoms with Crippen molar-refractivity contribution in [1.29, 1.82) is 0 Å². The van der Waals surface area contributed by atoms with Crippen LogP contribution in [0.1, 0.15) is 33.1 Å². The lowest BCUT2D eigenvalue weighted by molar-refractivity contribution is -0.144. The third kappa shape index (κ3) is 4.96. The maximum atomic E-state index is 12.2. The summed E-state index contributed by atoms with van der Waals surface area (Å²) in [6, 6.07) is -0.934. The molecule has 2 unspecified atom stereocenters. The van der Waals surface area contributed by atoms with E-state index in [2.05, 4.69) is 5.32 Å². The molecule has 1 amide bonds. The Kier molecular flexibility index (Phi) is 6.15. The molecule has 0 radical (unpaired) electrons. The van der Waals surface area contributed by atoms with Gasteiger partial charge >= 0.3 is 5.97 Å². The van der Waals surface area contributed by atoms with Crippen molar-refractivity contribution in [1.82, 2.24) is 9.62 Å². The highest BCUT2D eigenvalue weighted by Gasteiger charge is 2.33. The second kappa shape index (κ2) is 7.22. The molecule has 1 heterocycles. The van der Waals surface area contributed by atoms with Gasteiger partial charge < -0.3 is 10.4 Å². The number of amides is 1. The number of carboxylic acid groups (broad SMARTS) is 1. The standard InChI is InChI=1S/C13H24N2O5S/c1-4-9(2)11(13(17)18)14-12(16)10-6-5-7-15(8-10)21(3,19)20/h9-11H,4-8H2,1-3H3,(H,14,16)(H,17,18)/t9?,10?,11-/m0/s1. The smallest absolute Gasteiger partial charge is 0.326 e. The average molecular weight is 320 g/mol. The quantitative estimate of drug-likeness (QED) is 0.731. The van der Waals surface area contributed by atoms with Crippen LogP contribution in [0.4, 0.5) is 0 Å². The molecule has 21 heavy (non-hydrogen) atoms. The van der Waals surface area contributed by atoms with Crippen LogP contribution in [0.5, 0.6) is 0 Å². The SMILES string of the molecule is CCC(C)[C@H](NC(=O)C1CCCN(S(C)(=O)=O)C1)C(=O)O. The summed E-state index contributed by atoms with van der Waals surface area (Å²) in [5, 5.41) is 11.7. The fourth-order valence-corrected chi connectivity index (χ4v) is 3.32. The summed E-state index contributed by atoms with van der Waals surface area (Å²) < 4.78 is 24.4. The number of carbonyl (C=O) groups is 2. The fourth-order valence-electron chi connectivity index (χ4n) is 2.41. The van der Waals surface area contributed by atoms with Gasteiger partial charge in [-0.2, -0.15) is 0 Å². The van der Waals surface area contributed by atoms with Crippen molar-refractivity contribution in [3.8, 4) is 0 Å². The molecule has 2 N–H and O–H groups in total. The second-order valence-corrected chi connectivity index (χ2v) is 7.65. The number of hydrogen-bond acceptors (Lipinski definition) is 4. The minimum Gasteiger partial charge on any atom is -0.480 e. The molecular weight excluding hydrogens is 296 g/mol. The van der Waals surface area contributed by atoms with Crippen LogP contribution >= 0.6 is 0 Å². The Bertz CT molecular complexity index is 491. The zero-order chi connectivity index (χ0) is 16.2. The van der Waals surface area contributed by atoms with Crippen molar-refractivity contribution in [2.75, 3.05) is 19.3 Å². The van der Waals surface area contributed by atoms with Crippen molar-refractivity contribution in [2.24, 2.45) is 11.8 Å². The second-order valence-electron chi connectivity index (χ2n) is 5.67. The number of carbonyl (C=O) groups excluding carboxylic acids is 1. The zero-order valence-electron chi connectivity index (χ0n) is 12.7. The molecule has 122 valence electrons. The molecule has 0 spiro atoms. The predicted molar refractivity (Wildman–Crippen MR) is 78.2 cm³/mol. The van der Waals surface area contributed by atoms with Crippen LogP contribution in [-0.2, 0) is 19.6 Å². The zero-order valence-corrected chi connectivity index (χ0v) is 13.5. The van der Waals surface area contributed by atoms with E-state index < -0.39 is 28.0 Å². The minimum absolute atomic E-state index is 0.123. The summed E-state index contributed by atoms with van der Waals surface area (Å²) in [6.45, 7) is 4.16. The highest BCUT2D eigenvalue weighted by Crippen LogP contribution is 2.19. The normalized spacial score (nSPS) is 23.3. The molecule has 1 saturated heterocycles. The topological polar surface area (TPSA) is 104 Å². The van der Waals surface area contributed by atoms with E-state index in [0.717, 1.165) is 6.26 Å². The fraction of sp³-hybridized carbons (Fsp3) is 0.846. The van der Waals surface area contributed by atoms with Crippen LogP contribution in [0.15, 0.2) is 0 Å². The Morgan fingerprint density at radius 2 is 2.05 bits per heavy atom. The van der Waals surface area contributed by atoms with Crippen LogP contribution in [0.3, 0.4) is 0 Å². The minimum atomic E-state index is -3.32. The number of piperidine rings is 1. The Hall–Kier alpha value is -1.15. The van der Waals surface area contributed by atoms with Gasteiger partial charge in [-0.1, -0.05) is 20.3 Å². The highest BCUT2D eigenvalue weighted by atomic mass is 32.2. The van der Waals surface area contributed by atoms with Gasteiger partial charge in [0.25, 0.3) is 0 Å². The lowest BCUT2D eigenvalue weighted by Gasteiger charge is -2.31. The van der Waals surface area contributed by atoms with E-state index in [9.17, 15) is 23.1 Å². The van der Waals surface area contributed by atoms with Crippen molar-refractivity contribution in [3.05, 3.63) is 0 Å². The predicted octanol–water partition coefficient (Wildman–Crippen LogP) is 0.274. The molecule has 0 aromatic rings. The van der Waals surface area contributed by atoms with Gasteiger partial charge in [0.15, 0.2) is 0 Å². The van der Waals surface area contributed by atoms with Crippen molar-refractivity contribution < 1.29 is 23.1 Å². The third-order valence-corrected chi connectivity index (χ3v) is 5.27. The van der Waals surface area contributed by atoms with Crippen molar-refractivity contribution in [3.63, 3.8) is 0 Å². The van der Waals surface area contributed by atoms with Gasteiger partial charge in [-0.25, -0.2) is 17.5 Å². The Morgan fingerprint density at radius 3 is 2.52 bits per heavy atom. The molecule has 3 atom stereocenters. The van der Waals surface area contributed by atoms with Crippen LogP contribution in [-0.4, -0.2) is 55.1 Å². The van der Waals surface area contributed by atoms with Crippen LogP contribution in [0.25, 0.3) is 0 Å². The van der Waals surface area contributed by atoms with E-state index >= 15 is 0 Å². The molecule has 0 aromatic carbocycles. The maximum absolute atomic E-state index is 12.2. The van der Waals surface area contributed by atoms with E-state index in [-0.39, 0.29) is 18.4 Å². The van der Waals surface area contributed by atoms with Crippen LogP contribution in [0.2, 0.25) is 0 Å². The summed E-state index contributed by atoms with van der Waals surface area (Å²) in [4.78, 5) is 23.4. The number of nitrogens with zero attached hydrogens (tertiary/aromatic N) is 1. The van der Waals surface area contributed by atoms with Crippen LogP contribution in [0, 0.1) is 11.8 Å². The van der Waals surface area contributed by atoms with Gasteiger partial charge in [-0.15, -0.1) is 0 Å². The number of sulfonamides is 1. The Balaban J connectivity index is 2.72. The van der Waals surface area contributed by atoms with E-state index in [4.69, 9.17) is 0 Å². The summed E-state index contributed by atoms with van der Waals surface area (Å²) in [5.74, 6) is -2.11. The first-order chi connectivity index (χ1) is 9.66. The van der Waals surface area contributed by atoms with E-state index in [1.165, 1.54) is 4.31 Å². The number of hydrogen-bond donors (Lipinski definition) is 2. The molecule has 0 aromatic heterocycles. The molecule has 1 rings (SSSR count). The molecule has 0 aliphatic carbocycles. The molecular formula is C13H24N2O5S. The molecule has 1 aliphatic rings. The van der Waals surface area contributed by atoms with Gasteiger partial charge in [-0.05, 0) is 18.8 Å². The summed E-state index contributed by atoms with van der Waals surface area (Å²) >= 11 is 0. The summed E-state index contributed by atoms with van der Waals surface area (Å²) in [5.41, 5.74) is 0. The first-order valence-electron chi connectivity index (χ1n) is 7.15. The Morgan fingerprint density at radius 1 is 1.43 bits per heavy atom. The first kappa shape index (κ1) is 17.9. The average Bonchev–Trinajstić information content (AvgIpc) is 2.42. The van der Waals surface area contributed by atoms with Gasteiger partial charge in [-0.3, -0.25) is 4.79 Å². The molecule has 1 fully saturated rings. The van der Waals surface area contributed by atoms with Crippen molar-refractivity contribution >= 4 is 21.9 Å². The summed E-state index contributed by atoms with van der Waals surface area (Å²) in [7, 11) is -3.32. The molecule has 8 heteroatoms. The first-order valence-corrected chi connectivity index (χ1v) is 9.00. The monoisotopic (exact) mass is 320 g/mol. The molecule has 0 saturated carbocycles. The number of nitrogens with one attached hydrogen (secondary N) is 1. The van der Waals surface area contributed by atoms with Crippen LogP contribution < -0.4 is 5.32 Å². The number of aliphatic carboxylic acids is 1. The largest absolute Gasteiger partial charge is 0.480 e. The highest BCUT2D eigenvalue weighted by molar-refractivity contribution is 7.88. The van der Waals surface area contributed by atoms with Gasteiger partial charge in [0, 0.05) is 13.1 Å². The summed E-state index contributed by atoms with van der Waals surface area (Å²) in [6.07, 6.45) is 2.93. The third-order valence-electron chi connectivity index (χ3n) is 4.00. The maximum Gasteiger partial charge on any atom is 0.326 e. The van der Waals surface area contributed by atoms with E-state index in [1.54, 1.807) is 6.92 Å². The van der Waals surface area contributed by atoms with Gasteiger partial charge in [0.1, 0.15) is 6.04 Å². The number of rotatable bonds is 6. The lowest BCUT2D eigenvalue weighted by atomic mass is 9.95. The molecule has 7 nitrogen and oxygen atoms in total. The van der Waals surface area contributed by atoms with Crippen molar-refractivity contribution in [2.45, 2.75) is 39.2 Å². The number of carboxylic acids is 1. The molecule has 1 aliphatic heterocycles. The van der Waals surface area contributed by atoms with Gasteiger partial charge in [0.2, 0.25) is 15.9 Å². The van der Waals surface area contributed by atoms with E-state index in [1.807, 2.05) is 6.92 Å². The lowest BCUT2D eigenvalue weighted by Crippen LogP contribution is -2.51. The van der Waals surface area contributed by atoms with Gasteiger partial charge in [0.05, 0.1) is 12.2 Å².